The van der Waals surface area contributed by atoms with Crippen LogP contribution < -0.4 is 11.1 Å². The number of urea groups is 1. The van der Waals surface area contributed by atoms with E-state index in [1.807, 2.05) is 6.07 Å². The zero-order chi connectivity index (χ0) is 8.97. The van der Waals surface area contributed by atoms with Crippen molar-refractivity contribution in [2.24, 2.45) is 5.73 Å². The van der Waals surface area contributed by atoms with Crippen LogP contribution in [0.4, 0.5) is 10.5 Å². The summed E-state index contributed by atoms with van der Waals surface area (Å²) >= 11 is 0. The number of primary amides is 1. The molecule has 0 heterocycles. The van der Waals surface area contributed by atoms with Gasteiger partial charge in [-0.3, -0.25) is 0 Å². The van der Waals surface area contributed by atoms with Gasteiger partial charge in [0, 0.05) is 6.07 Å². The molecule has 0 unspecified atom stereocenters. The van der Waals surface area contributed by atoms with E-state index in [9.17, 15) is 4.79 Å². The predicted octanol–water partition coefficient (Wildman–Crippen LogP) is 0.849. The fourth-order valence-corrected chi connectivity index (χ4v) is 0.705. The van der Waals surface area contributed by atoms with Crippen LogP contribution in [-0.2, 0) is 0 Å². The Morgan fingerprint density at radius 1 is 1.67 bits per heavy atom. The SMILES string of the molecule is N#Cc1c[c]c(NC(N)=O)cc1. The summed E-state index contributed by atoms with van der Waals surface area (Å²) in [6.07, 6.45) is 0. The first kappa shape index (κ1) is 8.08. The normalized spacial score (nSPS) is 8.58. The van der Waals surface area contributed by atoms with E-state index in [-0.39, 0.29) is 0 Å². The number of anilines is 1. The van der Waals surface area contributed by atoms with E-state index in [2.05, 4.69) is 11.4 Å². The molecule has 0 spiro atoms. The highest BCUT2D eigenvalue weighted by Crippen LogP contribution is 2.06. The molecule has 3 N–H and O–H groups in total. The second kappa shape index (κ2) is 3.39. The van der Waals surface area contributed by atoms with Crippen molar-refractivity contribution in [3.05, 3.63) is 29.8 Å². The number of carbonyl (C=O) groups is 1. The fourth-order valence-electron chi connectivity index (χ4n) is 0.705. The molecule has 0 saturated heterocycles. The Morgan fingerprint density at radius 3 is 2.83 bits per heavy atom. The maximum absolute atomic E-state index is 10.3. The third kappa shape index (κ3) is 1.99. The first-order valence-electron chi connectivity index (χ1n) is 3.20. The van der Waals surface area contributed by atoms with Gasteiger partial charge in [-0.2, -0.15) is 5.26 Å². The Kier molecular flexibility index (Phi) is 2.29. The molecule has 0 aliphatic rings. The van der Waals surface area contributed by atoms with E-state index in [1.54, 1.807) is 12.1 Å². The van der Waals surface area contributed by atoms with Crippen molar-refractivity contribution in [2.75, 3.05) is 5.32 Å². The van der Waals surface area contributed by atoms with E-state index in [0.717, 1.165) is 0 Å². The number of nitrogens with two attached hydrogens (primary N) is 1. The predicted molar refractivity (Wildman–Crippen MR) is 43.2 cm³/mol. The number of hydrogen-bond acceptors (Lipinski definition) is 2. The van der Waals surface area contributed by atoms with Crippen LogP contribution in [0.1, 0.15) is 5.56 Å². The zero-order valence-electron chi connectivity index (χ0n) is 6.16. The summed E-state index contributed by atoms with van der Waals surface area (Å²) in [6, 6.07) is 8.58. The Balaban J connectivity index is 2.80. The molecule has 1 rings (SSSR count). The van der Waals surface area contributed by atoms with Gasteiger partial charge in [0.1, 0.15) is 0 Å². The fraction of sp³-hybridized carbons (Fsp3) is 0. The Labute approximate surface area is 69.6 Å². The lowest BCUT2D eigenvalue weighted by atomic mass is 10.2. The van der Waals surface area contributed by atoms with Gasteiger partial charge < -0.3 is 11.1 Å². The van der Waals surface area contributed by atoms with Crippen LogP contribution in [-0.4, -0.2) is 6.03 Å². The largest absolute Gasteiger partial charge is 0.351 e. The molecule has 0 aliphatic carbocycles. The Morgan fingerprint density at radius 2 is 2.42 bits per heavy atom. The molecule has 2 amide bonds. The highest BCUT2D eigenvalue weighted by atomic mass is 16.2. The molecule has 1 radical (unpaired) electrons. The van der Waals surface area contributed by atoms with Crippen LogP contribution in [0.3, 0.4) is 0 Å². The number of carbonyl (C=O) groups excluding carboxylic acids is 1. The van der Waals surface area contributed by atoms with Crippen LogP contribution in [0.25, 0.3) is 0 Å². The lowest BCUT2D eigenvalue weighted by Crippen LogP contribution is -2.19. The van der Waals surface area contributed by atoms with Crippen molar-refractivity contribution >= 4 is 11.7 Å². The van der Waals surface area contributed by atoms with Crippen molar-refractivity contribution in [1.29, 1.82) is 5.26 Å². The minimum Gasteiger partial charge on any atom is -0.351 e. The van der Waals surface area contributed by atoms with E-state index < -0.39 is 6.03 Å². The standard InChI is InChI=1S/C8H6N3O/c9-5-6-1-3-7(4-2-6)11-8(10)12/h1-3H,(H3,10,11,12). The minimum atomic E-state index is -0.643. The van der Waals surface area contributed by atoms with Crippen LogP contribution in [0, 0.1) is 17.4 Å². The average Bonchev–Trinajstić information content (AvgIpc) is 2.05. The van der Waals surface area contributed by atoms with Crippen molar-refractivity contribution in [3.63, 3.8) is 0 Å². The molecular weight excluding hydrogens is 154 g/mol. The molecular formula is C8H6N3O. The summed E-state index contributed by atoms with van der Waals surface area (Å²) in [5, 5.41) is 10.8. The summed E-state index contributed by atoms with van der Waals surface area (Å²) < 4.78 is 0. The molecule has 0 aliphatic heterocycles. The van der Waals surface area contributed by atoms with Crippen LogP contribution in [0.5, 0.6) is 0 Å². The second-order valence-electron chi connectivity index (χ2n) is 2.09. The van der Waals surface area contributed by atoms with Gasteiger partial charge in [0.2, 0.25) is 0 Å². The second-order valence-corrected chi connectivity index (χ2v) is 2.09. The highest BCUT2D eigenvalue weighted by Gasteiger charge is 1.95. The van der Waals surface area contributed by atoms with Crippen molar-refractivity contribution in [2.45, 2.75) is 0 Å². The van der Waals surface area contributed by atoms with E-state index in [1.165, 1.54) is 6.07 Å². The number of rotatable bonds is 1. The number of nitrogens with one attached hydrogen (secondary N) is 1. The number of amides is 2. The first-order valence-corrected chi connectivity index (χ1v) is 3.20. The highest BCUT2D eigenvalue weighted by molar-refractivity contribution is 5.87. The third-order valence-corrected chi connectivity index (χ3v) is 1.20. The van der Waals surface area contributed by atoms with E-state index in [0.29, 0.717) is 11.3 Å². The number of benzene rings is 1. The van der Waals surface area contributed by atoms with Crippen molar-refractivity contribution in [3.8, 4) is 6.07 Å². The summed E-state index contributed by atoms with van der Waals surface area (Å²) in [4.78, 5) is 10.3. The summed E-state index contributed by atoms with van der Waals surface area (Å²) in [5.74, 6) is 0. The Bertz CT molecular complexity index is 323. The average molecular weight is 160 g/mol. The molecule has 59 valence electrons. The van der Waals surface area contributed by atoms with Crippen LogP contribution in [0.2, 0.25) is 0 Å². The molecule has 0 saturated carbocycles. The summed E-state index contributed by atoms with van der Waals surface area (Å²) in [5.41, 5.74) is 5.81. The number of nitriles is 1. The molecule has 1 aromatic rings. The maximum atomic E-state index is 10.3. The molecule has 4 nitrogen and oxygen atoms in total. The third-order valence-electron chi connectivity index (χ3n) is 1.20. The van der Waals surface area contributed by atoms with Gasteiger partial charge in [0.05, 0.1) is 17.3 Å². The molecule has 0 fully saturated rings. The van der Waals surface area contributed by atoms with Gasteiger partial charge in [-0.05, 0) is 18.2 Å². The molecule has 0 bridgehead atoms. The zero-order valence-corrected chi connectivity index (χ0v) is 6.16. The molecule has 1 aromatic carbocycles. The van der Waals surface area contributed by atoms with Gasteiger partial charge in [0.25, 0.3) is 0 Å². The number of nitrogens with zero attached hydrogens (tertiary/aromatic N) is 1. The van der Waals surface area contributed by atoms with E-state index in [4.69, 9.17) is 11.0 Å². The smallest absolute Gasteiger partial charge is 0.316 e. The quantitative estimate of drug-likeness (QED) is 0.638. The number of hydrogen-bond donors (Lipinski definition) is 2. The first-order chi connectivity index (χ1) is 5.72. The molecule has 0 atom stereocenters. The minimum absolute atomic E-state index is 0.460. The van der Waals surface area contributed by atoms with Gasteiger partial charge >= 0.3 is 6.03 Å². The monoisotopic (exact) mass is 160 g/mol. The summed E-state index contributed by atoms with van der Waals surface area (Å²) in [6.45, 7) is 0. The topological polar surface area (TPSA) is 78.9 Å². The Hall–Kier alpha value is -2.02. The van der Waals surface area contributed by atoms with Gasteiger partial charge in [0.15, 0.2) is 0 Å². The van der Waals surface area contributed by atoms with Crippen LogP contribution >= 0.6 is 0 Å². The maximum Gasteiger partial charge on any atom is 0.316 e. The van der Waals surface area contributed by atoms with Crippen LogP contribution in [0.15, 0.2) is 18.2 Å². The molecule has 0 aromatic heterocycles. The lowest BCUT2D eigenvalue weighted by molar-refractivity contribution is 0.259. The summed E-state index contributed by atoms with van der Waals surface area (Å²) in [7, 11) is 0. The van der Waals surface area contributed by atoms with Crippen molar-refractivity contribution in [1.82, 2.24) is 0 Å². The van der Waals surface area contributed by atoms with E-state index >= 15 is 0 Å². The van der Waals surface area contributed by atoms with Gasteiger partial charge in [-0.15, -0.1) is 0 Å². The lowest BCUT2D eigenvalue weighted by Gasteiger charge is -1.98. The van der Waals surface area contributed by atoms with Gasteiger partial charge in [-0.25, -0.2) is 4.79 Å². The van der Waals surface area contributed by atoms with Crippen molar-refractivity contribution < 1.29 is 4.79 Å². The van der Waals surface area contributed by atoms with Gasteiger partial charge in [-0.1, -0.05) is 0 Å². The molecule has 12 heavy (non-hydrogen) atoms. The molecule has 4 heteroatoms.